The van der Waals surface area contributed by atoms with E-state index in [1.807, 2.05) is 0 Å². The van der Waals surface area contributed by atoms with Crippen molar-refractivity contribution in [1.82, 2.24) is 4.90 Å². The molecular formula is C13H15BrN2O3. The summed E-state index contributed by atoms with van der Waals surface area (Å²) in [6.45, 7) is 5.42. The van der Waals surface area contributed by atoms with E-state index in [-0.39, 0.29) is 12.5 Å². The first kappa shape index (κ1) is 13.9. The maximum atomic E-state index is 12.2. The van der Waals surface area contributed by atoms with Gasteiger partial charge in [0, 0.05) is 21.3 Å². The minimum absolute atomic E-state index is 0.155. The third-order valence-electron chi connectivity index (χ3n) is 2.65. The van der Waals surface area contributed by atoms with E-state index < -0.39 is 11.7 Å². The van der Waals surface area contributed by atoms with Crippen molar-refractivity contribution in [3.8, 4) is 0 Å². The van der Waals surface area contributed by atoms with Crippen LogP contribution in [0.5, 0.6) is 0 Å². The Morgan fingerprint density at radius 2 is 2.05 bits per heavy atom. The summed E-state index contributed by atoms with van der Waals surface area (Å²) in [7, 11) is 0. The molecule has 0 spiro atoms. The number of rotatable bonds is 0. The number of nitrogen functional groups attached to an aromatic ring is 1. The third-order valence-corrected chi connectivity index (χ3v) is 3.11. The molecule has 1 heterocycles. The highest BCUT2D eigenvalue weighted by Crippen LogP contribution is 2.31. The van der Waals surface area contributed by atoms with Crippen LogP contribution >= 0.6 is 15.9 Å². The molecule has 6 heteroatoms. The standard InChI is InChI=1S/C13H15BrN2O3/c1-13(2,3)19-12(18)16-6-9-8(11(16)17)4-7(14)5-10(9)15/h4-5H,6,15H2,1-3H3. The quantitative estimate of drug-likeness (QED) is 0.744. The molecule has 0 saturated heterocycles. The number of fused-ring (bicyclic) bond motifs is 1. The highest BCUT2D eigenvalue weighted by atomic mass is 79.9. The zero-order valence-electron chi connectivity index (χ0n) is 11.0. The van der Waals surface area contributed by atoms with Crippen molar-refractivity contribution >= 4 is 33.6 Å². The normalized spacial score (nSPS) is 14.5. The van der Waals surface area contributed by atoms with Crippen LogP contribution in [0.1, 0.15) is 36.7 Å². The molecule has 102 valence electrons. The predicted octanol–water partition coefficient (Wildman–Crippen LogP) is 2.92. The Kier molecular flexibility index (Phi) is 3.30. The Labute approximate surface area is 119 Å². The highest BCUT2D eigenvalue weighted by Gasteiger charge is 2.36. The fourth-order valence-electron chi connectivity index (χ4n) is 1.86. The average Bonchev–Trinajstić information content (AvgIpc) is 2.54. The van der Waals surface area contributed by atoms with Crippen LogP contribution in [0.2, 0.25) is 0 Å². The number of hydrogen-bond acceptors (Lipinski definition) is 4. The van der Waals surface area contributed by atoms with Gasteiger partial charge in [-0.3, -0.25) is 4.79 Å². The molecule has 1 aromatic rings. The molecule has 2 amide bonds. The number of carbonyl (C=O) groups excluding carboxylic acids is 2. The second-order valence-electron chi connectivity index (χ2n) is 5.39. The van der Waals surface area contributed by atoms with Crippen LogP contribution in [0.25, 0.3) is 0 Å². The first-order chi connectivity index (χ1) is 8.69. The largest absolute Gasteiger partial charge is 0.443 e. The summed E-state index contributed by atoms with van der Waals surface area (Å²) >= 11 is 3.28. The van der Waals surface area contributed by atoms with E-state index in [1.54, 1.807) is 32.9 Å². The number of halogens is 1. The summed E-state index contributed by atoms with van der Waals surface area (Å²) in [5.74, 6) is -0.378. The van der Waals surface area contributed by atoms with Gasteiger partial charge < -0.3 is 10.5 Å². The topological polar surface area (TPSA) is 72.6 Å². The molecular weight excluding hydrogens is 312 g/mol. The second-order valence-corrected chi connectivity index (χ2v) is 6.31. The van der Waals surface area contributed by atoms with Crippen molar-refractivity contribution in [2.45, 2.75) is 32.9 Å². The number of imide groups is 1. The van der Waals surface area contributed by atoms with E-state index in [0.29, 0.717) is 21.3 Å². The molecule has 1 aromatic carbocycles. The summed E-state index contributed by atoms with van der Waals surface area (Å²) in [6, 6.07) is 3.38. The predicted molar refractivity (Wildman–Crippen MR) is 74.7 cm³/mol. The summed E-state index contributed by atoms with van der Waals surface area (Å²) < 4.78 is 5.92. The Balaban J connectivity index is 2.29. The van der Waals surface area contributed by atoms with Gasteiger partial charge >= 0.3 is 6.09 Å². The van der Waals surface area contributed by atoms with E-state index in [2.05, 4.69) is 15.9 Å². The van der Waals surface area contributed by atoms with Crippen molar-refractivity contribution in [3.63, 3.8) is 0 Å². The summed E-state index contributed by atoms with van der Waals surface area (Å²) in [4.78, 5) is 25.2. The minimum Gasteiger partial charge on any atom is -0.443 e. The van der Waals surface area contributed by atoms with Gasteiger partial charge in [-0.25, -0.2) is 9.69 Å². The number of anilines is 1. The van der Waals surface area contributed by atoms with Crippen molar-refractivity contribution in [2.75, 3.05) is 5.73 Å². The molecule has 0 radical (unpaired) electrons. The fourth-order valence-corrected chi connectivity index (χ4v) is 2.34. The lowest BCUT2D eigenvalue weighted by Crippen LogP contribution is -2.36. The average molecular weight is 327 g/mol. The lowest BCUT2D eigenvalue weighted by atomic mass is 10.1. The smallest absolute Gasteiger partial charge is 0.417 e. The monoisotopic (exact) mass is 326 g/mol. The van der Waals surface area contributed by atoms with Gasteiger partial charge in [0.05, 0.1) is 6.54 Å². The van der Waals surface area contributed by atoms with E-state index in [1.165, 1.54) is 0 Å². The van der Waals surface area contributed by atoms with Gasteiger partial charge in [0.15, 0.2) is 0 Å². The summed E-state index contributed by atoms with van der Waals surface area (Å²) in [5.41, 5.74) is 6.82. The van der Waals surface area contributed by atoms with Gasteiger partial charge in [0.25, 0.3) is 5.91 Å². The zero-order chi connectivity index (χ0) is 14.4. The molecule has 1 aliphatic rings. The van der Waals surface area contributed by atoms with Gasteiger partial charge in [-0.2, -0.15) is 0 Å². The van der Waals surface area contributed by atoms with Gasteiger partial charge in [-0.05, 0) is 32.9 Å². The number of ether oxygens (including phenoxy) is 1. The fraction of sp³-hybridized carbons (Fsp3) is 0.385. The number of hydrogen-bond donors (Lipinski definition) is 1. The van der Waals surface area contributed by atoms with Crippen LogP contribution in [0.3, 0.4) is 0 Å². The molecule has 0 saturated carbocycles. The molecule has 0 bridgehead atoms. The van der Waals surface area contributed by atoms with E-state index in [9.17, 15) is 9.59 Å². The number of carbonyl (C=O) groups is 2. The van der Waals surface area contributed by atoms with Crippen LogP contribution in [0, 0.1) is 0 Å². The Bertz CT molecular complexity index is 564. The Morgan fingerprint density at radius 3 is 2.63 bits per heavy atom. The first-order valence-electron chi connectivity index (χ1n) is 5.82. The molecule has 19 heavy (non-hydrogen) atoms. The van der Waals surface area contributed by atoms with Crippen molar-refractivity contribution in [1.29, 1.82) is 0 Å². The van der Waals surface area contributed by atoms with Gasteiger partial charge in [-0.1, -0.05) is 15.9 Å². The van der Waals surface area contributed by atoms with Crippen molar-refractivity contribution in [3.05, 3.63) is 27.7 Å². The lowest BCUT2D eigenvalue weighted by Gasteiger charge is -2.23. The molecule has 5 nitrogen and oxygen atoms in total. The Hall–Kier alpha value is -1.56. The maximum Gasteiger partial charge on any atom is 0.417 e. The van der Waals surface area contributed by atoms with Crippen LogP contribution in [0.15, 0.2) is 16.6 Å². The lowest BCUT2D eigenvalue weighted by molar-refractivity contribution is 0.0248. The van der Waals surface area contributed by atoms with E-state index >= 15 is 0 Å². The number of nitrogens with two attached hydrogens (primary N) is 1. The number of benzene rings is 1. The van der Waals surface area contributed by atoms with E-state index in [4.69, 9.17) is 10.5 Å². The first-order valence-corrected chi connectivity index (χ1v) is 6.61. The second kappa shape index (κ2) is 4.52. The van der Waals surface area contributed by atoms with Gasteiger partial charge in [0.1, 0.15) is 5.60 Å². The minimum atomic E-state index is -0.649. The summed E-state index contributed by atoms with van der Waals surface area (Å²) in [5, 5.41) is 0. The van der Waals surface area contributed by atoms with Crippen molar-refractivity contribution < 1.29 is 14.3 Å². The van der Waals surface area contributed by atoms with Crippen LogP contribution in [0.4, 0.5) is 10.5 Å². The number of nitrogens with zero attached hydrogens (tertiary/aromatic N) is 1. The summed E-state index contributed by atoms with van der Waals surface area (Å²) in [6.07, 6.45) is -0.649. The third kappa shape index (κ3) is 2.73. The van der Waals surface area contributed by atoms with Crippen molar-refractivity contribution in [2.24, 2.45) is 0 Å². The van der Waals surface area contributed by atoms with E-state index in [0.717, 1.165) is 4.90 Å². The molecule has 2 N–H and O–H groups in total. The molecule has 0 unspecified atom stereocenters. The Morgan fingerprint density at radius 1 is 1.42 bits per heavy atom. The highest BCUT2D eigenvalue weighted by molar-refractivity contribution is 9.10. The van der Waals surface area contributed by atoms with Gasteiger partial charge in [-0.15, -0.1) is 0 Å². The van der Waals surface area contributed by atoms with Crippen LogP contribution < -0.4 is 5.73 Å². The van der Waals surface area contributed by atoms with Crippen LogP contribution in [-0.2, 0) is 11.3 Å². The molecule has 0 fully saturated rings. The number of amides is 2. The maximum absolute atomic E-state index is 12.2. The SMILES string of the molecule is CC(C)(C)OC(=O)N1Cc2c(N)cc(Br)cc2C1=O. The molecule has 1 aliphatic heterocycles. The van der Waals surface area contributed by atoms with Crippen LogP contribution in [-0.4, -0.2) is 22.5 Å². The zero-order valence-corrected chi connectivity index (χ0v) is 12.6. The molecule has 2 rings (SSSR count). The van der Waals surface area contributed by atoms with Gasteiger partial charge in [0.2, 0.25) is 0 Å². The molecule has 0 aromatic heterocycles. The molecule has 0 aliphatic carbocycles. The molecule has 0 atom stereocenters.